The minimum atomic E-state index is -0.371. The van der Waals surface area contributed by atoms with Crippen LogP contribution < -0.4 is 10.5 Å². The summed E-state index contributed by atoms with van der Waals surface area (Å²) in [5.41, 5.74) is 5.76. The van der Waals surface area contributed by atoms with Crippen molar-refractivity contribution in [2.45, 2.75) is 6.61 Å². The summed E-state index contributed by atoms with van der Waals surface area (Å²) < 4.78 is 18.7. The molecule has 2 rings (SSSR count). The molecule has 4 nitrogen and oxygen atoms in total. The van der Waals surface area contributed by atoms with Crippen LogP contribution in [0.25, 0.3) is 0 Å². The zero-order chi connectivity index (χ0) is 13.5. The maximum atomic E-state index is 13.2. The van der Waals surface area contributed by atoms with Gasteiger partial charge in [0.2, 0.25) is 0 Å². The minimum absolute atomic E-state index is 0.198. The van der Waals surface area contributed by atoms with Gasteiger partial charge in [-0.3, -0.25) is 0 Å². The molecular weight excluding hydrogens is 245 g/mol. The Kier molecular flexibility index (Phi) is 4.43. The lowest BCUT2D eigenvalue weighted by molar-refractivity contribution is 0.294. The van der Waals surface area contributed by atoms with Gasteiger partial charge in [0.1, 0.15) is 18.2 Å². The van der Waals surface area contributed by atoms with Crippen molar-refractivity contribution < 1.29 is 9.13 Å². The molecule has 0 aliphatic heterocycles. The first kappa shape index (κ1) is 13.0. The fraction of sp³-hybridized carbons (Fsp3) is 0.143. The first-order valence-electron chi connectivity index (χ1n) is 5.67. The fourth-order valence-corrected chi connectivity index (χ4v) is 1.42. The Morgan fingerprint density at radius 2 is 2.05 bits per heavy atom. The summed E-state index contributed by atoms with van der Waals surface area (Å²) in [5, 5.41) is 0. The van der Waals surface area contributed by atoms with Crippen LogP contribution in [0, 0.1) is 17.7 Å². The van der Waals surface area contributed by atoms with Gasteiger partial charge in [-0.25, -0.2) is 14.4 Å². The summed E-state index contributed by atoms with van der Waals surface area (Å²) in [7, 11) is 0. The van der Waals surface area contributed by atoms with Crippen LogP contribution in [-0.2, 0) is 6.61 Å². The van der Waals surface area contributed by atoms with Crippen LogP contribution in [0.1, 0.15) is 11.4 Å². The average molecular weight is 257 g/mol. The van der Waals surface area contributed by atoms with Gasteiger partial charge in [-0.1, -0.05) is 11.8 Å². The van der Waals surface area contributed by atoms with Crippen LogP contribution in [0.15, 0.2) is 36.7 Å². The quantitative estimate of drug-likeness (QED) is 0.847. The number of halogens is 1. The molecule has 0 unspecified atom stereocenters. The highest BCUT2D eigenvalue weighted by atomic mass is 19.1. The molecule has 2 N–H and O–H groups in total. The van der Waals surface area contributed by atoms with Gasteiger partial charge < -0.3 is 10.5 Å². The first-order chi connectivity index (χ1) is 9.29. The van der Waals surface area contributed by atoms with Gasteiger partial charge in [0.15, 0.2) is 5.82 Å². The van der Waals surface area contributed by atoms with E-state index in [1.165, 1.54) is 18.2 Å². The molecule has 0 spiro atoms. The number of aromatic nitrogens is 2. The zero-order valence-electron chi connectivity index (χ0n) is 10.1. The van der Waals surface area contributed by atoms with Crippen molar-refractivity contribution in [3.8, 4) is 17.6 Å². The van der Waals surface area contributed by atoms with Crippen molar-refractivity contribution in [2.24, 2.45) is 5.73 Å². The van der Waals surface area contributed by atoms with Gasteiger partial charge in [-0.2, -0.15) is 0 Å². The number of ether oxygens (including phenoxy) is 1. The molecule has 0 radical (unpaired) electrons. The monoisotopic (exact) mass is 257 g/mol. The summed E-state index contributed by atoms with van der Waals surface area (Å²) in [6, 6.07) is 5.87. The predicted molar refractivity (Wildman–Crippen MR) is 68.7 cm³/mol. The summed E-state index contributed by atoms with van der Waals surface area (Å²) in [6.07, 6.45) is 3.26. The summed E-state index contributed by atoms with van der Waals surface area (Å²) in [4.78, 5) is 8.07. The maximum Gasteiger partial charge on any atom is 0.166 e. The molecule has 0 aliphatic carbocycles. The van der Waals surface area contributed by atoms with Crippen LogP contribution in [-0.4, -0.2) is 16.5 Å². The smallest absolute Gasteiger partial charge is 0.166 e. The highest BCUT2D eigenvalue weighted by Gasteiger charge is 2.04. The number of nitrogens with two attached hydrogens (primary N) is 1. The molecule has 0 atom stereocenters. The molecule has 19 heavy (non-hydrogen) atoms. The van der Waals surface area contributed by atoms with Crippen molar-refractivity contribution >= 4 is 0 Å². The lowest BCUT2D eigenvalue weighted by Crippen LogP contribution is -2.02. The first-order valence-corrected chi connectivity index (χ1v) is 5.67. The summed E-state index contributed by atoms with van der Waals surface area (Å²) in [5.74, 6) is 6.10. The number of benzene rings is 1. The molecule has 2 aromatic rings. The van der Waals surface area contributed by atoms with Crippen molar-refractivity contribution in [1.82, 2.24) is 9.97 Å². The Labute approximate surface area is 110 Å². The Morgan fingerprint density at radius 1 is 1.26 bits per heavy atom. The van der Waals surface area contributed by atoms with E-state index in [-0.39, 0.29) is 19.0 Å². The van der Waals surface area contributed by atoms with Gasteiger partial charge >= 0.3 is 0 Å². The van der Waals surface area contributed by atoms with E-state index in [4.69, 9.17) is 10.5 Å². The molecule has 0 amide bonds. The van der Waals surface area contributed by atoms with Crippen LogP contribution >= 0.6 is 0 Å². The van der Waals surface area contributed by atoms with Crippen molar-refractivity contribution in [3.63, 3.8) is 0 Å². The molecule has 0 bridgehead atoms. The Hall–Kier alpha value is -2.45. The fourth-order valence-electron chi connectivity index (χ4n) is 1.42. The Morgan fingerprint density at radius 3 is 2.79 bits per heavy atom. The van der Waals surface area contributed by atoms with Crippen LogP contribution in [0.3, 0.4) is 0 Å². The van der Waals surface area contributed by atoms with Gasteiger partial charge in [0, 0.05) is 12.4 Å². The molecule has 0 fully saturated rings. The molecule has 96 valence electrons. The molecule has 1 heterocycles. The zero-order valence-corrected chi connectivity index (χ0v) is 10.1. The second-order valence-electron chi connectivity index (χ2n) is 3.60. The molecule has 0 aliphatic rings. The minimum Gasteiger partial charge on any atom is -0.484 e. The van der Waals surface area contributed by atoms with Gasteiger partial charge in [-0.05, 0) is 24.3 Å². The normalized spacial score (nSPS) is 9.58. The second kappa shape index (κ2) is 6.47. The summed E-state index contributed by atoms with van der Waals surface area (Å²) in [6.45, 7) is 0.404. The third kappa shape index (κ3) is 3.76. The van der Waals surface area contributed by atoms with Crippen molar-refractivity contribution in [3.05, 3.63) is 53.9 Å². The van der Waals surface area contributed by atoms with Gasteiger partial charge in [0.25, 0.3) is 0 Å². The number of rotatable bonds is 3. The largest absolute Gasteiger partial charge is 0.484 e. The standard InChI is InChI=1S/C14H12FN3O/c15-12-4-5-13(11(9-12)3-1-6-16)19-10-14-17-7-2-8-18-14/h2,4-5,7-9H,6,10,16H2. The van der Waals surface area contributed by atoms with Gasteiger partial charge in [-0.15, -0.1) is 0 Å². The van der Waals surface area contributed by atoms with E-state index in [0.29, 0.717) is 17.1 Å². The maximum absolute atomic E-state index is 13.2. The SMILES string of the molecule is NCC#Cc1cc(F)ccc1OCc1ncccn1. The topological polar surface area (TPSA) is 61.0 Å². The average Bonchev–Trinajstić information content (AvgIpc) is 2.45. The van der Waals surface area contributed by atoms with E-state index in [0.717, 1.165) is 0 Å². The lowest BCUT2D eigenvalue weighted by atomic mass is 10.2. The van der Waals surface area contributed by atoms with E-state index in [1.54, 1.807) is 18.5 Å². The van der Waals surface area contributed by atoms with E-state index in [1.807, 2.05) is 0 Å². The molecule has 1 aromatic heterocycles. The van der Waals surface area contributed by atoms with Crippen LogP contribution in [0.5, 0.6) is 5.75 Å². The van der Waals surface area contributed by atoms with E-state index in [9.17, 15) is 4.39 Å². The second-order valence-corrected chi connectivity index (χ2v) is 3.60. The molecule has 1 aromatic carbocycles. The van der Waals surface area contributed by atoms with Crippen LogP contribution in [0.2, 0.25) is 0 Å². The molecular formula is C14H12FN3O. The molecule has 5 heteroatoms. The van der Waals surface area contributed by atoms with E-state index >= 15 is 0 Å². The van der Waals surface area contributed by atoms with E-state index in [2.05, 4.69) is 21.8 Å². The van der Waals surface area contributed by atoms with Crippen LogP contribution in [0.4, 0.5) is 4.39 Å². The highest BCUT2D eigenvalue weighted by molar-refractivity contribution is 5.46. The van der Waals surface area contributed by atoms with E-state index < -0.39 is 0 Å². The highest BCUT2D eigenvalue weighted by Crippen LogP contribution is 2.19. The Balaban J connectivity index is 2.15. The lowest BCUT2D eigenvalue weighted by Gasteiger charge is -2.07. The van der Waals surface area contributed by atoms with Gasteiger partial charge in [0.05, 0.1) is 12.1 Å². The molecule has 0 saturated carbocycles. The third-order valence-corrected chi connectivity index (χ3v) is 2.24. The summed E-state index contributed by atoms with van der Waals surface area (Å²) >= 11 is 0. The molecule has 0 saturated heterocycles. The Bertz CT molecular complexity index is 605. The number of hydrogen-bond acceptors (Lipinski definition) is 4. The number of nitrogens with zero attached hydrogens (tertiary/aromatic N) is 2. The number of hydrogen-bond donors (Lipinski definition) is 1. The van der Waals surface area contributed by atoms with Crippen molar-refractivity contribution in [1.29, 1.82) is 0 Å². The predicted octanol–water partition coefficient (Wildman–Crippen LogP) is 1.50. The van der Waals surface area contributed by atoms with Crippen molar-refractivity contribution in [2.75, 3.05) is 6.54 Å². The third-order valence-electron chi connectivity index (χ3n) is 2.24.